The summed E-state index contributed by atoms with van der Waals surface area (Å²) in [5, 5.41) is 0.162. The molecule has 0 radical (unpaired) electrons. The highest BCUT2D eigenvalue weighted by Gasteiger charge is 2.16. The summed E-state index contributed by atoms with van der Waals surface area (Å²) in [4.78, 5) is 12.9. The number of thiocarbonyl (C=S) groups is 1. The lowest BCUT2D eigenvalue weighted by atomic mass is 10.2. The van der Waals surface area contributed by atoms with Gasteiger partial charge >= 0.3 is 0 Å². The molecular formula is C12H16ClN3O3S2. The van der Waals surface area contributed by atoms with Gasteiger partial charge in [-0.05, 0) is 18.2 Å². The third-order valence-electron chi connectivity index (χ3n) is 2.65. The monoisotopic (exact) mass is 349 g/mol. The Morgan fingerprint density at radius 2 is 2.05 bits per heavy atom. The highest BCUT2D eigenvalue weighted by molar-refractivity contribution is 7.89. The standard InChI is InChI=1S/C12H16ClN3O3S2/c1-16(2)11(17)5-6-15-21(18,19)8-3-4-9(12(14)20)10(13)7-8/h3-4,7,15H,5-6H2,1-2H3,(H2,14,20). The van der Waals surface area contributed by atoms with Crippen LogP contribution in [0.3, 0.4) is 0 Å². The van der Waals surface area contributed by atoms with Gasteiger partial charge in [0.05, 0.1) is 9.92 Å². The van der Waals surface area contributed by atoms with E-state index in [0.29, 0.717) is 5.56 Å². The molecule has 0 bridgehead atoms. The molecule has 0 spiro atoms. The van der Waals surface area contributed by atoms with Crippen LogP contribution >= 0.6 is 23.8 Å². The molecule has 0 saturated heterocycles. The number of nitrogens with zero attached hydrogens (tertiary/aromatic N) is 1. The molecule has 6 nitrogen and oxygen atoms in total. The average Bonchev–Trinajstić information content (AvgIpc) is 2.37. The van der Waals surface area contributed by atoms with E-state index in [4.69, 9.17) is 29.6 Å². The van der Waals surface area contributed by atoms with Gasteiger partial charge in [-0.15, -0.1) is 0 Å². The second-order valence-corrected chi connectivity index (χ2v) is 7.06. The quantitative estimate of drug-likeness (QED) is 0.739. The number of nitrogens with one attached hydrogen (secondary N) is 1. The molecule has 0 aromatic heterocycles. The lowest BCUT2D eigenvalue weighted by Crippen LogP contribution is -2.30. The second kappa shape index (κ2) is 7.17. The number of hydrogen-bond donors (Lipinski definition) is 2. The van der Waals surface area contributed by atoms with Gasteiger partial charge in [-0.2, -0.15) is 0 Å². The molecule has 3 N–H and O–H groups in total. The van der Waals surface area contributed by atoms with Crippen LogP contribution in [-0.2, 0) is 14.8 Å². The van der Waals surface area contributed by atoms with E-state index in [2.05, 4.69) is 4.72 Å². The van der Waals surface area contributed by atoms with E-state index >= 15 is 0 Å². The van der Waals surface area contributed by atoms with Crippen molar-refractivity contribution in [2.75, 3.05) is 20.6 Å². The zero-order chi connectivity index (χ0) is 16.2. The van der Waals surface area contributed by atoms with E-state index in [-0.39, 0.29) is 33.8 Å². The second-order valence-electron chi connectivity index (χ2n) is 4.44. The predicted molar refractivity (Wildman–Crippen MR) is 85.8 cm³/mol. The zero-order valence-electron chi connectivity index (χ0n) is 11.6. The van der Waals surface area contributed by atoms with Crippen LogP contribution in [0.25, 0.3) is 0 Å². The van der Waals surface area contributed by atoms with E-state index in [9.17, 15) is 13.2 Å². The molecular weight excluding hydrogens is 334 g/mol. The summed E-state index contributed by atoms with van der Waals surface area (Å²) in [7, 11) is -0.531. The fourth-order valence-electron chi connectivity index (χ4n) is 1.46. The maximum atomic E-state index is 12.1. The Bertz CT molecular complexity index is 660. The Morgan fingerprint density at radius 1 is 1.43 bits per heavy atom. The van der Waals surface area contributed by atoms with Crippen molar-refractivity contribution in [3.05, 3.63) is 28.8 Å². The van der Waals surface area contributed by atoms with E-state index in [1.165, 1.54) is 23.1 Å². The van der Waals surface area contributed by atoms with Crippen LogP contribution in [0.15, 0.2) is 23.1 Å². The Labute approximate surface area is 134 Å². The van der Waals surface area contributed by atoms with Gasteiger partial charge in [-0.25, -0.2) is 13.1 Å². The summed E-state index contributed by atoms with van der Waals surface area (Å²) in [5.41, 5.74) is 5.87. The first-order valence-corrected chi connectivity index (χ1v) is 8.21. The van der Waals surface area contributed by atoms with Gasteiger partial charge in [0.2, 0.25) is 15.9 Å². The molecule has 1 rings (SSSR count). The molecule has 0 fully saturated rings. The van der Waals surface area contributed by atoms with Gasteiger partial charge in [-0.1, -0.05) is 23.8 Å². The van der Waals surface area contributed by atoms with Crippen LogP contribution in [0, 0.1) is 0 Å². The summed E-state index contributed by atoms with van der Waals surface area (Å²) in [6.45, 7) is 0.00795. The number of carbonyl (C=O) groups is 1. The van der Waals surface area contributed by atoms with Crippen molar-refractivity contribution < 1.29 is 13.2 Å². The van der Waals surface area contributed by atoms with E-state index < -0.39 is 10.0 Å². The molecule has 116 valence electrons. The lowest BCUT2D eigenvalue weighted by molar-refractivity contribution is -0.128. The fourth-order valence-corrected chi connectivity index (χ4v) is 3.10. The van der Waals surface area contributed by atoms with Gasteiger partial charge in [0.25, 0.3) is 0 Å². The Kier molecular flexibility index (Phi) is 6.09. The highest BCUT2D eigenvalue weighted by Crippen LogP contribution is 2.20. The van der Waals surface area contributed by atoms with Crippen molar-refractivity contribution in [2.45, 2.75) is 11.3 Å². The number of halogens is 1. The minimum atomic E-state index is -3.74. The normalized spacial score (nSPS) is 11.2. The molecule has 1 aromatic rings. The fraction of sp³-hybridized carbons (Fsp3) is 0.333. The molecule has 0 heterocycles. The van der Waals surface area contributed by atoms with Crippen molar-refractivity contribution in [1.29, 1.82) is 0 Å². The Balaban J connectivity index is 2.82. The summed E-state index contributed by atoms with van der Waals surface area (Å²) < 4.78 is 26.5. The third-order valence-corrected chi connectivity index (χ3v) is 4.64. The van der Waals surface area contributed by atoms with E-state index in [1.54, 1.807) is 14.1 Å². The number of benzene rings is 1. The van der Waals surface area contributed by atoms with Gasteiger partial charge in [0.1, 0.15) is 4.99 Å². The van der Waals surface area contributed by atoms with Gasteiger partial charge in [0.15, 0.2) is 0 Å². The van der Waals surface area contributed by atoms with Gasteiger partial charge in [0, 0.05) is 32.6 Å². The van der Waals surface area contributed by atoms with Gasteiger partial charge in [-0.3, -0.25) is 4.79 Å². The first-order chi connectivity index (χ1) is 9.65. The Hall–Kier alpha value is -1.22. The molecule has 1 aromatic carbocycles. The summed E-state index contributed by atoms with van der Waals surface area (Å²) >= 11 is 10.7. The molecule has 9 heteroatoms. The van der Waals surface area contributed by atoms with Crippen LogP contribution in [0.5, 0.6) is 0 Å². The smallest absolute Gasteiger partial charge is 0.240 e. The van der Waals surface area contributed by atoms with Crippen LogP contribution < -0.4 is 10.5 Å². The molecule has 21 heavy (non-hydrogen) atoms. The summed E-state index contributed by atoms with van der Waals surface area (Å²) in [6, 6.07) is 4.08. The van der Waals surface area contributed by atoms with Crippen LogP contribution in [0.1, 0.15) is 12.0 Å². The van der Waals surface area contributed by atoms with Crippen molar-refractivity contribution in [3.8, 4) is 0 Å². The summed E-state index contributed by atoms with van der Waals surface area (Å²) in [6.07, 6.45) is 0.0743. The number of rotatable bonds is 6. The van der Waals surface area contributed by atoms with Crippen LogP contribution in [0.2, 0.25) is 5.02 Å². The number of sulfonamides is 1. The first kappa shape index (κ1) is 17.8. The third kappa shape index (κ3) is 4.92. The SMILES string of the molecule is CN(C)C(=O)CCNS(=O)(=O)c1ccc(C(N)=S)c(Cl)c1. The van der Waals surface area contributed by atoms with Crippen LogP contribution in [-0.4, -0.2) is 44.9 Å². The number of nitrogens with two attached hydrogens (primary N) is 1. The highest BCUT2D eigenvalue weighted by atomic mass is 35.5. The van der Waals surface area contributed by atoms with E-state index in [0.717, 1.165) is 0 Å². The Morgan fingerprint density at radius 3 is 2.52 bits per heavy atom. The molecule has 0 atom stereocenters. The van der Waals surface area contributed by atoms with Crippen LogP contribution in [0.4, 0.5) is 0 Å². The van der Waals surface area contributed by atoms with Gasteiger partial charge < -0.3 is 10.6 Å². The topological polar surface area (TPSA) is 92.5 Å². The number of carbonyl (C=O) groups excluding carboxylic acids is 1. The van der Waals surface area contributed by atoms with Crippen molar-refractivity contribution in [1.82, 2.24) is 9.62 Å². The van der Waals surface area contributed by atoms with E-state index in [1.807, 2.05) is 0 Å². The molecule has 0 unspecified atom stereocenters. The predicted octanol–water partition coefficient (Wildman–Crippen LogP) is 0.731. The van der Waals surface area contributed by atoms with Crippen molar-refractivity contribution in [2.24, 2.45) is 5.73 Å². The zero-order valence-corrected chi connectivity index (χ0v) is 14.0. The van der Waals surface area contributed by atoms with Crippen molar-refractivity contribution in [3.63, 3.8) is 0 Å². The first-order valence-electron chi connectivity index (χ1n) is 5.94. The molecule has 1 amide bonds. The average molecular weight is 350 g/mol. The maximum absolute atomic E-state index is 12.1. The molecule has 0 saturated carbocycles. The van der Waals surface area contributed by atoms with Crippen molar-refractivity contribution >= 4 is 44.7 Å². The molecule has 0 aliphatic rings. The maximum Gasteiger partial charge on any atom is 0.240 e. The number of amides is 1. The molecule has 0 aliphatic carbocycles. The minimum Gasteiger partial charge on any atom is -0.389 e. The lowest BCUT2D eigenvalue weighted by Gasteiger charge is -2.11. The number of hydrogen-bond acceptors (Lipinski definition) is 4. The summed E-state index contributed by atoms with van der Waals surface area (Å²) in [5.74, 6) is -0.167. The minimum absolute atomic E-state index is 0.00795. The molecule has 0 aliphatic heterocycles. The largest absolute Gasteiger partial charge is 0.389 e.